The highest BCUT2D eigenvalue weighted by atomic mass is 19.1. The number of pyridine rings is 1. The molecule has 1 heterocycles. The van der Waals surface area contributed by atoms with Crippen LogP contribution in [-0.4, -0.2) is 15.5 Å². The van der Waals surface area contributed by atoms with Gasteiger partial charge in [0, 0.05) is 24.0 Å². The number of allylic oxidation sites excluding steroid dienone is 1. The number of nitrogens with zero attached hydrogens (tertiary/aromatic N) is 2. The number of rotatable bonds is 9. The van der Waals surface area contributed by atoms with E-state index in [1.165, 1.54) is 12.3 Å². The maximum Gasteiger partial charge on any atom is 0.267 e. The normalized spacial score (nSPS) is 12.0. The molecule has 35 heavy (non-hydrogen) atoms. The summed E-state index contributed by atoms with van der Waals surface area (Å²) in [6.07, 6.45) is 3.90. The van der Waals surface area contributed by atoms with E-state index in [2.05, 4.69) is 20.4 Å². The second kappa shape index (κ2) is 10.7. The van der Waals surface area contributed by atoms with Gasteiger partial charge in [-0.2, -0.15) is 5.26 Å². The Bertz CT molecular complexity index is 1400. The maximum absolute atomic E-state index is 14.5. The van der Waals surface area contributed by atoms with Gasteiger partial charge in [-0.15, -0.1) is 6.58 Å². The molecule has 0 aliphatic heterocycles. The fraction of sp³-hybridized carbons (Fsp3) is 0.345. The van der Waals surface area contributed by atoms with Crippen molar-refractivity contribution in [3.05, 3.63) is 87.0 Å². The van der Waals surface area contributed by atoms with Crippen molar-refractivity contribution in [1.29, 1.82) is 5.26 Å². The number of phenols is 1. The van der Waals surface area contributed by atoms with Crippen LogP contribution in [0.4, 0.5) is 4.39 Å². The zero-order valence-electron chi connectivity index (χ0n) is 20.7. The molecule has 0 bridgehead atoms. The molecule has 0 amide bonds. The van der Waals surface area contributed by atoms with Crippen molar-refractivity contribution in [2.24, 2.45) is 5.92 Å². The van der Waals surface area contributed by atoms with Crippen LogP contribution in [0.15, 0.2) is 53.5 Å². The Morgan fingerprint density at radius 2 is 1.94 bits per heavy atom. The van der Waals surface area contributed by atoms with E-state index in [0.717, 1.165) is 29.5 Å². The molecular weight excluding hydrogens is 443 g/mol. The molecule has 1 atom stereocenters. The molecule has 1 aromatic heterocycles. The third kappa shape index (κ3) is 5.35. The first kappa shape index (κ1) is 25.9. The number of halogens is 1. The number of hydrogen-bond donors (Lipinski definition) is 1. The van der Waals surface area contributed by atoms with Crippen molar-refractivity contribution in [2.45, 2.75) is 59.4 Å². The summed E-state index contributed by atoms with van der Waals surface area (Å²) in [5, 5.41) is 19.4. The number of hydrogen-bond acceptors (Lipinski definition) is 4. The van der Waals surface area contributed by atoms with Gasteiger partial charge in [0.2, 0.25) is 5.43 Å². The van der Waals surface area contributed by atoms with E-state index in [-0.39, 0.29) is 23.9 Å². The van der Waals surface area contributed by atoms with Gasteiger partial charge in [-0.05, 0) is 67.0 Å². The zero-order chi connectivity index (χ0) is 25.9. The van der Waals surface area contributed by atoms with Gasteiger partial charge in [0.1, 0.15) is 6.07 Å². The summed E-state index contributed by atoms with van der Waals surface area (Å²) >= 11 is 0. The minimum Gasteiger partial charge on any atom is -0.505 e. The fourth-order valence-corrected chi connectivity index (χ4v) is 4.57. The maximum atomic E-state index is 14.5. The minimum atomic E-state index is -0.881. The van der Waals surface area contributed by atoms with Crippen molar-refractivity contribution >= 4 is 16.7 Å². The Hall–Kier alpha value is -3.72. The molecule has 0 aliphatic rings. The number of aromatic hydroxyl groups is 1. The Labute approximate surface area is 205 Å². The average Bonchev–Trinajstić information content (AvgIpc) is 2.82. The topological polar surface area (TPSA) is 83.1 Å². The molecule has 5 nitrogen and oxygen atoms in total. The minimum absolute atomic E-state index is 0.0286. The van der Waals surface area contributed by atoms with E-state index >= 15 is 0 Å². The number of Topliss-reactive ketones (excluding diaryl/α,β-unsaturated/α-hetero) is 1. The Balaban J connectivity index is 2.32. The summed E-state index contributed by atoms with van der Waals surface area (Å²) in [5.41, 5.74) is 3.03. The summed E-state index contributed by atoms with van der Waals surface area (Å²) in [4.78, 5) is 25.8. The van der Waals surface area contributed by atoms with Crippen LogP contribution in [0.25, 0.3) is 10.9 Å². The van der Waals surface area contributed by atoms with Gasteiger partial charge in [0.15, 0.2) is 11.6 Å². The highest BCUT2D eigenvalue weighted by Gasteiger charge is 2.23. The van der Waals surface area contributed by atoms with Crippen LogP contribution < -0.4 is 5.43 Å². The second-order valence-electron chi connectivity index (χ2n) is 9.45. The van der Waals surface area contributed by atoms with Crippen LogP contribution >= 0.6 is 0 Å². The van der Waals surface area contributed by atoms with Crippen LogP contribution in [0.2, 0.25) is 0 Å². The van der Waals surface area contributed by atoms with Gasteiger partial charge in [-0.25, -0.2) is 4.39 Å². The molecule has 0 radical (unpaired) electrons. The van der Waals surface area contributed by atoms with Crippen molar-refractivity contribution in [2.75, 3.05) is 0 Å². The highest BCUT2D eigenvalue weighted by molar-refractivity contribution is 6.08. The molecular formula is C29H31FN2O3. The second-order valence-corrected chi connectivity index (χ2v) is 9.45. The lowest BCUT2D eigenvalue weighted by Crippen LogP contribution is -2.23. The number of benzene rings is 2. The van der Waals surface area contributed by atoms with Crippen molar-refractivity contribution in [1.82, 2.24) is 4.57 Å². The van der Waals surface area contributed by atoms with Gasteiger partial charge in [0.25, 0.3) is 5.78 Å². The molecule has 6 heteroatoms. The number of carbonyl (C=O) groups is 1. The lowest BCUT2D eigenvalue weighted by Gasteiger charge is -2.27. The summed E-state index contributed by atoms with van der Waals surface area (Å²) in [7, 11) is 0. The number of nitriles is 1. The highest BCUT2D eigenvalue weighted by Crippen LogP contribution is 2.31. The molecule has 0 saturated heterocycles. The number of phenolic OH excluding ortho intramolecular Hbond substituents is 1. The lowest BCUT2D eigenvalue weighted by molar-refractivity contribution is 0.105. The van der Waals surface area contributed by atoms with Crippen LogP contribution in [0.1, 0.15) is 73.6 Å². The van der Waals surface area contributed by atoms with Gasteiger partial charge >= 0.3 is 0 Å². The van der Waals surface area contributed by atoms with Gasteiger partial charge in [-0.1, -0.05) is 38.5 Å². The number of aryl methyl sites for hydroxylation is 1. The van der Waals surface area contributed by atoms with Crippen molar-refractivity contribution in [3.8, 4) is 11.8 Å². The Morgan fingerprint density at radius 3 is 2.54 bits per heavy atom. The third-order valence-electron chi connectivity index (χ3n) is 6.51. The Kier molecular flexibility index (Phi) is 7.91. The summed E-state index contributed by atoms with van der Waals surface area (Å²) < 4.78 is 16.5. The molecule has 1 N–H and O–H groups in total. The van der Waals surface area contributed by atoms with E-state index in [1.807, 2.05) is 24.5 Å². The SMILES string of the molecule is C=C(C)CC[C@@H](C(C)C)n1cc(C(=O)C#N)c(=O)c2cc(Cc3cccc(O)c3F)c(CC)cc21. The molecule has 0 unspecified atom stereocenters. The van der Waals surface area contributed by atoms with E-state index in [4.69, 9.17) is 0 Å². The van der Waals surface area contributed by atoms with Gasteiger partial charge < -0.3 is 9.67 Å². The largest absolute Gasteiger partial charge is 0.505 e. The fourth-order valence-electron chi connectivity index (χ4n) is 4.57. The van der Waals surface area contributed by atoms with Gasteiger partial charge in [-0.3, -0.25) is 9.59 Å². The van der Waals surface area contributed by atoms with E-state index in [9.17, 15) is 24.3 Å². The number of fused-ring (bicyclic) bond motifs is 1. The van der Waals surface area contributed by atoms with Gasteiger partial charge in [0.05, 0.1) is 11.1 Å². The molecule has 3 rings (SSSR count). The number of carbonyl (C=O) groups excluding carboxylic acids is 1. The first-order valence-corrected chi connectivity index (χ1v) is 11.8. The number of ketones is 1. The summed E-state index contributed by atoms with van der Waals surface area (Å²) in [6.45, 7) is 12.1. The standard InChI is InChI=1S/C29H31FN2O3/c1-6-19-14-25-22(13-21(19)12-20-8-7-9-26(33)28(20)30)29(35)23(27(34)15-31)16-32(25)24(18(4)5)11-10-17(2)3/h7-9,13-14,16,18,24,33H,2,6,10-12H2,1,3-5H3/t24-/m0/s1. The zero-order valence-corrected chi connectivity index (χ0v) is 20.7. The predicted octanol–water partition coefficient (Wildman–Crippen LogP) is 6.26. The van der Waals surface area contributed by atoms with Crippen LogP contribution in [0.3, 0.4) is 0 Å². The molecule has 0 spiro atoms. The van der Waals surface area contributed by atoms with Crippen LogP contribution in [0.5, 0.6) is 5.75 Å². The quantitative estimate of drug-likeness (QED) is 0.225. The monoisotopic (exact) mass is 474 g/mol. The summed E-state index contributed by atoms with van der Waals surface area (Å²) in [5.74, 6) is -1.81. The first-order chi connectivity index (χ1) is 16.6. The average molecular weight is 475 g/mol. The Morgan fingerprint density at radius 1 is 1.23 bits per heavy atom. The van der Waals surface area contributed by atoms with Crippen molar-refractivity contribution < 1.29 is 14.3 Å². The number of aromatic nitrogens is 1. The summed E-state index contributed by atoms with van der Waals surface area (Å²) in [6, 6.07) is 9.65. The van der Waals surface area contributed by atoms with Crippen molar-refractivity contribution in [3.63, 3.8) is 0 Å². The van der Waals surface area contributed by atoms with Crippen LogP contribution in [0, 0.1) is 23.1 Å². The molecule has 2 aromatic carbocycles. The molecule has 3 aromatic rings. The molecule has 0 saturated carbocycles. The third-order valence-corrected chi connectivity index (χ3v) is 6.51. The van der Waals surface area contributed by atoms with Crippen LogP contribution in [-0.2, 0) is 12.8 Å². The lowest BCUT2D eigenvalue weighted by atomic mass is 9.92. The predicted molar refractivity (Wildman–Crippen MR) is 136 cm³/mol. The van der Waals surface area contributed by atoms with E-state index < -0.39 is 22.8 Å². The molecule has 0 fully saturated rings. The first-order valence-electron chi connectivity index (χ1n) is 11.8. The molecule has 182 valence electrons. The molecule has 0 aliphatic carbocycles. The van der Waals surface area contributed by atoms with E-state index in [0.29, 0.717) is 22.9 Å². The van der Waals surface area contributed by atoms with E-state index in [1.54, 1.807) is 24.3 Å². The smallest absolute Gasteiger partial charge is 0.267 e.